The summed E-state index contributed by atoms with van der Waals surface area (Å²) in [7, 11) is 0. The largest absolute Gasteiger partial charge is 0.508 e. The van der Waals surface area contributed by atoms with E-state index in [1.54, 1.807) is 24.3 Å². The summed E-state index contributed by atoms with van der Waals surface area (Å²) in [5.74, 6) is 0.0865. The van der Waals surface area contributed by atoms with Gasteiger partial charge in [0, 0.05) is 0 Å². The fourth-order valence-corrected chi connectivity index (χ4v) is 4.18. The number of aromatic hydroxyl groups is 1. The minimum atomic E-state index is -0.315. The van der Waals surface area contributed by atoms with E-state index in [0.29, 0.717) is 30.3 Å². The van der Waals surface area contributed by atoms with Crippen LogP contribution in [0.15, 0.2) is 54.6 Å². The zero-order valence-corrected chi connectivity index (χ0v) is 24.7. The molecule has 0 saturated heterocycles. The van der Waals surface area contributed by atoms with E-state index in [0.717, 1.165) is 25.7 Å². The fraction of sp³-hybridized carbons (Fsp3) is 0.588. The molecule has 39 heavy (non-hydrogen) atoms. The monoisotopic (exact) mass is 540 g/mol. The van der Waals surface area contributed by atoms with Gasteiger partial charge < -0.3 is 14.6 Å². The van der Waals surface area contributed by atoms with E-state index in [9.17, 15) is 9.59 Å². The molecule has 1 N–H and O–H groups in total. The molecule has 2 rings (SSSR count). The normalized spacial score (nSPS) is 11.3. The predicted octanol–water partition coefficient (Wildman–Crippen LogP) is 9.53. The highest BCUT2D eigenvalue weighted by Gasteiger charge is 2.11. The molecular formula is C34H52O5. The number of ether oxygens (including phenoxy) is 2. The van der Waals surface area contributed by atoms with Gasteiger partial charge in [-0.15, -0.1) is 0 Å². The first kappa shape index (κ1) is 34.2. The first-order valence-corrected chi connectivity index (χ1v) is 15.2. The average molecular weight is 541 g/mol. The van der Waals surface area contributed by atoms with Gasteiger partial charge in [0.1, 0.15) is 5.75 Å². The van der Waals surface area contributed by atoms with E-state index in [-0.39, 0.29) is 17.7 Å². The molecule has 1 unspecified atom stereocenters. The van der Waals surface area contributed by atoms with Crippen LogP contribution in [0, 0.1) is 5.92 Å². The molecule has 2 aromatic carbocycles. The number of carbonyl (C=O) groups is 2. The molecule has 1 atom stereocenters. The molecule has 218 valence electrons. The van der Waals surface area contributed by atoms with Gasteiger partial charge in [-0.2, -0.15) is 0 Å². The second-order valence-electron chi connectivity index (χ2n) is 10.2. The Balaban J connectivity index is 0.000000395. The zero-order valence-electron chi connectivity index (χ0n) is 24.7. The average Bonchev–Trinajstić information content (AvgIpc) is 2.97. The van der Waals surface area contributed by atoms with Crippen molar-refractivity contribution >= 4 is 11.9 Å². The van der Waals surface area contributed by atoms with Crippen molar-refractivity contribution in [1.29, 1.82) is 0 Å². The molecule has 0 saturated carbocycles. The second-order valence-corrected chi connectivity index (χ2v) is 10.2. The smallest absolute Gasteiger partial charge is 0.338 e. The molecule has 0 amide bonds. The predicted molar refractivity (Wildman–Crippen MR) is 160 cm³/mol. The number of phenolic OH excluding ortho intramolecular Hbond substituents is 1. The van der Waals surface area contributed by atoms with E-state index in [2.05, 4.69) is 20.8 Å². The van der Waals surface area contributed by atoms with Crippen LogP contribution < -0.4 is 0 Å². The minimum Gasteiger partial charge on any atom is -0.508 e. The number of unbranched alkanes of at least 4 members (excludes halogenated alkanes) is 10. The molecule has 5 heteroatoms. The maximum atomic E-state index is 11.7. The Labute approximate surface area is 237 Å². The number of phenols is 1. The lowest BCUT2D eigenvalue weighted by Gasteiger charge is -2.14. The van der Waals surface area contributed by atoms with Gasteiger partial charge in [0.2, 0.25) is 0 Å². The third-order valence-electron chi connectivity index (χ3n) is 6.84. The maximum Gasteiger partial charge on any atom is 0.338 e. The van der Waals surface area contributed by atoms with E-state index in [4.69, 9.17) is 14.6 Å². The number of hydrogen-bond donors (Lipinski definition) is 1. The summed E-state index contributed by atoms with van der Waals surface area (Å²) in [6.45, 7) is 7.56. The molecule has 0 radical (unpaired) electrons. The molecule has 0 heterocycles. The van der Waals surface area contributed by atoms with Crippen molar-refractivity contribution in [2.24, 2.45) is 5.92 Å². The van der Waals surface area contributed by atoms with Crippen LogP contribution in [0.1, 0.15) is 131 Å². The molecule has 0 aliphatic heterocycles. The van der Waals surface area contributed by atoms with Gasteiger partial charge in [0.25, 0.3) is 0 Å². The van der Waals surface area contributed by atoms with E-state index in [1.165, 1.54) is 76.3 Å². The van der Waals surface area contributed by atoms with Gasteiger partial charge in [-0.1, -0.05) is 116 Å². The van der Waals surface area contributed by atoms with Crippen molar-refractivity contribution in [1.82, 2.24) is 0 Å². The van der Waals surface area contributed by atoms with E-state index >= 15 is 0 Å². The highest BCUT2D eigenvalue weighted by molar-refractivity contribution is 5.89. The summed E-state index contributed by atoms with van der Waals surface area (Å²) >= 11 is 0. The van der Waals surface area contributed by atoms with Crippen LogP contribution in [0.25, 0.3) is 0 Å². The molecular weight excluding hydrogens is 488 g/mol. The quantitative estimate of drug-likeness (QED) is 0.142. The Morgan fingerprint density at radius 3 is 1.72 bits per heavy atom. The van der Waals surface area contributed by atoms with Crippen molar-refractivity contribution in [3.05, 3.63) is 65.7 Å². The van der Waals surface area contributed by atoms with Crippen LogP contribution in [0.3, 0.4) is 0 Å². The summed E-state index contributed by atoms with van der Waals surface area (Å²) in [5, 5.41) is 9.14. The molecule has 0 aliphatic carbocycles. The van der Waals surface area contributed by atoms with Gasteiger partial charge in [0.15, 0.2) is 0 Å². The Morgan fingerprint density at radius 2 is 1.15 bits per heavy atom. The Morgan fingerprint density at radius 1 is 0.641 bits per heavy atom. The number of hydrogen-bond acceptors (Lipinski definition) is 5. The molecule has 2 aromatic rings. The fourth-order valence-electron chi connectivity index (χ4n) is 4.18. The molecule has 0 aliphatic rings. The number of carbonyl (C=O) groups excluding carboxylic acids is 2. The summed E-state index contributed by atoms with van der Waals surface area (Å²) in [6, 6.07) is 15.3. The van der Waals surface area contributed by atoms with E-state index in [1.807, 2.05) is 18.2 Å². The van der Waals surface area contributed by atoms with Gasteiger partial charge in [0.05, 0.1) is 24.3 Å². The molecule has 5 nitrogen and oxygen atoms in total. The standard InChI is InChI=1S/C19H30O2.C15H22O3/c1-2-3-4-5-6-7-8-9-10-14-17-21-19(20)18-15-12-11-13-16-18;1-3-5-6-12(4-2)11-18-15(17)13-7-9-14(16)10-8-13/h11-13,15-16H,2-10,14,17H2,1H3;7-10,12,16H,3-6,11H2,1-2H3. The highest BCUT2D eigenvalue weighted by atomic mass is 16.5. The first-order valence-electron chi connectivity index (χ1n) is 15.2. The van der Waals surface area contributed by atoms with Crippen LogP contribution in [-0.2, 0) is 9.47 Å². The summed E-state index contributed by atoms with van der Waals surface area (Å²) in [6.07, 6.45) is 17.4. The Hall–Kier alpha value is -2.82. The van der Waals surface area contributed by atoms with E-state index < -0.39 is 0 Å². The van der Waals surface area contributed by atoms with Crippen molar-refractivity contribution in [3.63, 3.8) is 0 Å². The summed E-state index contributed by atoms with van der Waals surface area (Å²) < 4.78 is 10.6. The Bertz CT molecular complexity index is 863. The number of benzene rings is 2. The maximum absolute atomic E-state index is 11.7. The first-order chi connectivity index (χ1) is 19.0. The third-order valence-corrected chi connectivity index (χ3v) is 6.84. The minimum absolute atomic E-state index is 0.154. The van der Waals surface area contributed by atoms with Crippen molar-refractivity contribution in [3.8, 4) is 5.75 Å². The van der Waals surface area contributed by atoms with Crippen molar-refractivity contribution in [2.45, 2.75) is 111 Å². The highest BCUT2D eigenvalue weighted by Crippen LogP contribution is 2.15. The lowest BCUT2D eigenvalue weighted by atomic mass is 10.0. The number of rotatable bonds is 19. The third kappa shape index (κ3) is 17.4. The molecule has 0 bridgehead atoms. The SMILES string of the molecule is CCCCC(CC)COC(=O)c1ccc(O)cc1.CCCCCCCCCCCCOC(=O)c1ccccc1. The van der Waals surface area contributed by atoms with Crippen molar-refractivity contribution < 1.29 is 24.2 Å². The van der Waals surface area contributed by atoms with Crippen LogP contribution in [0.4, 0.5) is 0 Å². The molecule has 0 aromatic heterocycles. The Kier molecular flexibility index (Phi) is 20.3. The van der Waals surface area contributed by atoms with Crippen molar-refractivity contribution in [2.75, 3.05) is 13.2 Å². The number of esters is 2. The lowest BCUT2D eigenvalue weighted by Crippen LogP contribution is -2.13. The van der Waals surface area contributed by atoms with Gasteiger partial charge in [-0.3, -0.25) is 0 Å². The van der Waals surface area contributed by atoms with Crippen LogP contribution in [0.2, 0.25) is 0 Å². The summed E-state index contributed by atoms with van der Waals surface area (Å²) in [5.41, 5.74) is 1.13. The molecule has 0 spiro atoms. The second kappa shape index (κ2) is 23.1. The van der Waals surface area contributed by atoms with Gasteiger partial charge in [-0.05, 0) is 55.2 Å². The van der Waals surface area contributed by atoms with Gasteiger partial charge >= 0.3 is 11.9 Å². The summed E-state index contributed by atoms with van der Waals surface area (Å²) in [4.78, 5) is 23.4. The topological polar surface area (TPSA) is 72.8 Å². The zero-order chi connectivity index (χ0) is 28.6. The molecule has 0 fully saturated rings. The van der Waals surface area contributed by atoms with Gasteiger partial charge in [-0.25, -0.2) is 9.59 Å². The lowest BCUT2D eigenvalue weighted by molar-refractivity contribution is 0.0427. The van der Waals surface area contributed by atoms with Crippen LogP contribution >= 0.6 is 0 Å². The van der Waals surface area contributed by atoms with Crippen LogP contribution in [-0.4, -0.2) is 30.3 Å². The van der Waals surface area contributed by atoms with Crippen LogP contribution in [0.5, 0.6) is 5.75 Å².